The summed E-state index contributed by atoms with van der Waals surface area (Å²) in [6, 6.07) is 11.7. The van der Waals surface area contributed by atoms with Crippen molar-refractivity contribution in [3.8, 4) is 5.75 Å². The number of nitrogens with one attached hydrogen (secondary N) is 1. The molecule has 0 spiro atoms. The van der Waals surface area contributed by atoms with Gasteiger partial charge in [0.1, 0.15) is 23.4 Å². The molecule has 2 saturated heterocycles. The molecule has 2 aromatic carbocycles. The zero-order valence-corrected chi connectivity index (χ0v) is 25.0. The predicted octanol–water partition coefficient (Wildman–Crippen LogP) is 5.33. The van der Waals surface area contributed by atoms with Crippen LogP contribution in [0.4, 0.5) is 22.0 Å². The van der Waals surface area contributed by atoms with Gasteiger partial charge in [-0.05, 0) is 73.4 Å². The minimum atomic E-state index is -4.84. The molecule has 2 atom stereocenters. The molecule has 0 aliphatic carbocycles. The molecule has 0 bridgehead atoms. The van der Waals surface area contributed by atoms with E-state index in [1.165, 1.54) is 24.4 Å². The molecule has 8 nitrogen and oxygen atoms in total. The molecule has 0 saturated carbocycles. The van der Waals surface area contributed by atoms with Crippen LogP contribution < -0.4 is 10.1 Å². The first-order chi connectivity index (χ1) is 21.9. The smallest absolute Gasteiger partial charge is 0.419 e. The number of pyridine rings is 1. The molecular formula is C33H33F5N4O4. The van der Waals surface area contributed by atoms with Crippen LogP contribution in [0, 0.1) is 11.7 Å². The zero-order valence-electron chi connectivity index (χ0n) is 25.0. The number of Topliss-reactive ketones (excluding diaryl/α,β-unsaturated/α-hetero) is 1. The summed E-state index contributed by atoms with van der Waals surface area (Å²) in [5.41, 5.74) is -0.287. The topological polar surface area (TPSA) is 91.8 Å². The van der Waals surface area contributed by atoms with Gasteiger partial charge in [-0.2, -0.15) is 13.2 Å². The van der Waals surface area contributed by atoms with Gasteiger partial charge in [0.2, 0.25) is 0 Å². The lowest BCUT2D eigenvalue weighted by Gasteiger charge is -2.35. The van der Waals surface area contributed by atoms with Crippen molar-refractivity contribution < 1.29 is 41.1 Å². The monoisotopic (exact) mass is 644 g/mol. The molecule has 2 amide bonds. The Morgan fingerprint density at radius 3 is 2.26 bits per heavy atom. The molecule has 0 unspecified atom stereocenters. The highest BCUT2D eigenvalue weighted by molar-refractivity contribution is 5.99. The van der Waals surface area contributed by atoms with Crippen molar-refractivity contribution in [2.75, 3.05) is 33.3 Å². The van der Waals surface area contributed by atoms with Gasteiger partial charge in [-0.15, -0.1) is 0 Å². The molecule has 2 fully saturated rings. The molecular weight excluding hydrogens is 611 g/mol. The highest BCUT2D eigenvalue weighted by Crippen LogP contribution is 2.32. The second-order valence-electron chi connectivity index (χ2n) is 11.5. The number of nitrogens with zero attached hydrogens (tertiary/aromatic N) is 3. The van der Waals surface area contributed by atoms with Gasteiger partial charge in [-0.1, -0.05) is 6.07 Å². The molecule has 3 heterocycles. The number of alkyl halides is 4. The number of carbonyl (C=O) groups excluding carboxylic acids is 3. The summed E-state index contributed by atoms with van der Waals surface area (Å²) in [6.45, 7) is 0.948. The number of hydrogen-bond donors (Lipinski definition) is 1. The fourth-order valence-corrected chi connectivity index (χ4v) is 5.82. The maximum atomic E-state index is 15.0. The standard InChI is InChI=1S/C33H33F5N4O4/c1-46-24-6-3-21(4-7-24)30(43)22-10-14-42(15-11-22)32(45)29-9-5-23(17-39-29)31(44)40-28-12-13-41(19-27(28)35)18-20-2-8-26(34)25(16-20)33(36,37)38/h2-9,16-17,22,27-28H,10-15,18-19H2,1H3,(H,40,44)/t27-,28-/m1/s1. The van der Waals surface area contributed by atoms with Gasteiger partial charge in [-0.3, -0.25) is 24.3 Å². The molecule has 0 radical (unpaired) electrons. The van der Waals surface area contributed by atoms with Crippen LogP contribution in [0.15, 0.2) is 60.8 Å². The molecule has 2 aliphatic heterocycles. The summed E-state index contributed by atoms with van der Waals surface area (Å²) in [7, 11) is 1.55. The molecule has 244 valence electrons. The van der Waals surface area contributed by atoms with Crippen molar-refractivity contribution in [1.82, 2.24) is 20.1 Å². The summed E-state index contributed by atoms with van der Waals surface area (Å²) in [5, 5.41) is 2.64. The van der Waals surface area contributed by atoms with Crippen LogP contribution in [0.25, 0.3) is 0 Å². The minimum Gasteiger partial charge on any atom is -0.497 e. The van der Waals surface area contributed by atoms with Crippen LogP contribution >= 0.6 is 0 Å². The van der Waals surface area contributed by atoms with Gasteiger partial charge in [0.15, 0.2) is 5.78 Å². The predicted molar refractivity (Wildman–Crippen MR) is 158 cm³/mol. The molecule has 13 heteroatoms. The Morgan fingerprint density at radius 2 is 1.65 bits per heavy atom. The Bertz CT molecular complexity index is 1560. The average molecular weight is 645 g/mol. The molecule has 1 N–H and O–H groups in total. The number of ketones is 1. The average Bonchev–Trinajstić information content (AvgIpc) is 3.06. The first-order valence-corrected chi connectivity index (χ1v) is 14.9. The summed E-state index contributed by atoms with van der Waals surface area (Å²) in [5.74, 6) is -1.77. The van der Waals surface area contributed by atoms with Crippen molar-refractivity contribution in [2.24, 2.45) is 5.92 Å². The molecule has 3 aromatic rings. The number of methoxy groups -OCH3 is 1. The first kappa shape index (κ1) is 33.0. The van der Waals surface area contributed by atoms with E-state index in [1.807, 2.05) is 0 Å². The largest absolute Gasteiger partial charge is 0.497 e. The van der Waals surface area contributed by atoms with E-state index in [1.54, 1.807) is 41.2 Å². The van der Waals surface area contributed by atoms with Gasteiger partial charge in [0, 0.05) is 50.4 Å². The zero-order chi connectivity index (χ0) is 33.0. The van der Waals surface area contributed by atoms with E-state index in [2.05, 4.69) is 10.3 Å². The van der Waals surface area contributed by atoms with Gasteiger partial charge < -0.3 is 15.0 Å². The van der Waals surface area contributed by atoms with Gasteiger partial charge in [0.25, 0.3) is 11.8 Å². The number of amides is 2. The van der Waals surface area contributed by atoms with Crippen molar-refractivity contribution in [3.63, 3.8) is 0 Å². The SMILES string of the molecule is COc1ccc(C(=O)C2CCN(C(=O)c3ccc(C(=O)N[C@@H]4CCN(Cc5ccc(F)c(C(F)(F)F)c5)C[C@H]4F)cn3)CC2)cc1. The van der Waals surface area contributed by atoms with E-state index in [-0.39, 0.29) is 53.9 Å². The van der Waals surface area contributed by atoms with Crippen molar-refractivity contribution in [3.05, 3.63) is 94.6 Å². The quantitative estimate of drug-likeness (QED) is 0.264. The van der Waals surface area contributed by atoms with Crippen molar-refractivity contribution in [1.29, 1.82) is 0 Å². The summed E-state index contributed by atoms with van der Waals surface area (Å²) in [4.78, 5) is 46.1. The van der Waals surface area contributed by atoms with Crippen molar-refractivity contribution in [2.45, 2.75) is 44.2 Å². The third-order valence-corrected chi connectivity index (χ3v) is 8.46. The van der Waals surface area contributed by atoms with E-state index in [0.29, 0.717) is 43.8 Å². The fourth-order valence-electron chi connectivity index (χ4n) is 5.82. The van der Waals surface area contributed by atoms with E-state index in [4.69, 9.17) is 4.74 Å². The van der Waals surface area contributed by atoms with Crippen molar-refractivity contribution >= 4 is 17.6 Å². The van der Waals surface area contributed by atoms with Gasteiger partial charge in [-0.25, -0.2) is 8.78 Å². The number of halogens is 5. The Kier molecular flexibility index (Phi) is 10.00. The number of carbonyl (C=O) groups is 3. The minimum absolute atomic E-state index is 0.000505. The summed E-state index contributed by atoms with van der Waals surface area (Å²) < 4.78 is 72.9. The highest BCUT2D eigenvalue weighted by Gasteiger charge is 2.35. The molecule has 46 heavy (non-hydrogen) atoms. The normalized spacial score (nSPS) is 19.5. The number of rotatable bonds is 8. The third-order valence-electron chi connectivity index (χ3n) is 8.46. The Labute approximate surface area is 262 Å². The number of ether oxygens (including phenoxy) is 1. The summed E-state index contributed by atoms with van der Waals surface area (Å²) >= 11 is 0. The molecule has 1 aromatic heterocycles. The maximum Gasteiger partial charge on any atom is 0.419 e. The molecule has 5 rings (SSSR count). The van der Waals surface area contributed by atoms with Crippen LogP contribution in [0.1, 0.15) is 61.6 Å². The first-order valence-electron chi connectivity index (χ1n) is 14.9. The van der Waals surface area contributed by atoms with Crippen LogP contribution in [-0.4, -0.2) is 77.9 Å². The lowest BCUT2D eigenvalue weighted by Crippen LogP contribution is -2.52. The van der Waals surface area contributed by atoms with E-state index < -0.39 is 35.7 Å². The highest BCUT2D eigenvalue weighted by atomic mass is 19.4. The third kappa shape index (κ3) is 7.69. The maximum absolute atomic E-state index is 15.0. The Hall–Kier alpha value is -4.39. The number of piperidine rings is 2. The van der Waals surface area contributed by atoms with Crippen LogP contribution in [0.5, 0.6) is 5.75 Å². The van der Waals surface area contributed by atoms with E-state index in [0.717, 1.165) is 12.1 Å². The molecule has 2 aliphatic rings. The van der Waals surface area contributed by atoms with Crippen LogP contribution in [0.3, 0.4) is 0 Å². The Morgan fingerprint density at radius 1 is 0.957 bits per heavy atom. The number of likely N-dealkylation sites (tertiary alicyclic amines) is 2. The van der Waals surface area contributed by atoms with Gasteiger partial charge >= 0.3 is 6.18 Å². The van der Waals surface area contributed by atoms with Crippen LogP contribution in [0.2, 0.25) is 0 Å². The number of hydrogen-bond acceptors (Lipinski definition) is 6. The number of benzene rings is 2. The second-order valence-corrected chi connectivity index (χ2v) is 11.5. The van der Waals surface area contributed by atoms with E-state index >= 15 is 4.39 Å². The second kappa shape index (κ2) is 13.9. The number of aromatic nitrogens is 1. The summed E-state index contributed by atoms with van der Waals surface area (Å²) in [6.07, 6.45) is -3.84. The van der Waals surface area contributed by atoms with Crippen LogP contribution in [-0.2, 0) is 12.7 Å². The van der Waals surface area contributed by atoms with E-state index in [9.17, 15) is 31.9 Å². The van der Waals surface area contributed by atoms with Gasteiger partial charge in [0.05, 0.1) is 24.3 Å². The lowest BCUT2D eigenvalue weighted by atomic mass is 9.88. The fraction of sp³-hybridized carbons (Fsp3) is 0.394. The Balaban J connectivity index is 1.09. The lowest BCUT2D eigenvalue weighted by molar-refractivity contribution is -0.140.